The van der Waals surface area contributed by atoms with Crippen LogP contribution >= 0.6 is 0 Å². The van der Waals surface area contributed by atoms with Crippen LogP contribution in [-0.2, 0) is 4.79 Å². The third-order valence-electron chi connectivity index (χ3n) is 1.97. The Morgan fingerprint density at radius 3 is 2.79 bits per heavy atom. The normalized spacial score (nSPS) is 12.4. The maximum absolute atomic E-state index is 10.4. The monoisotopic (exact) mass is 193 g/mol. The van der Waals surface area contributed by atoms with E-state index in [1.54, 1.807) is 18.2 Å². The zero-order valence-corrected chi connectivity index (χ0v) is 7.95. The molecule has 3 N–H and O–H groups in total. The first-order valence-corrected chi connectivity index (χ1v) is 4.37. The molecule has 0 bridgehead atoms. The number of phenols is 1. The molecule has 0 saturated carbocycles. The summed E-state index contributed by atoms with van der Waals surface area (Å²) >= 11 is 0. The van der Waals surface area contributed by atoms with Crippen molar-refractivity contribution in [2.24, 2.45) is 0 Å². The summed E-state index contributed by atoms with van der Waals surface area (Å²) < 4.78 is 0. The maximum atomic E-state index is 10.4. The molecular weight excluding hydrogens is 180 g/mol. The van der Waals surface area contributed by atoms with Crippen LogP contribution in [0.25, 0.3) is 0 Å². The Morgan fingerprint density at radius 1 is 1.57 bits per heavy atom. The first-order valence-electron chi connectivity index (χ1n) is 4.37. The van der Waals surface area contributed by atoms with Gasteiger partial charge in [0.05, 0.1) is 6.54 Å². The van der Waals surface area contributed by atoms with Gasteiger partial charge in [-0.05, 0) is 13.0 Å². The Kier molecular flexibility index (Phi) is 3.48. The molecule has 0 heterocycles. The molecular formula is C10H13N2O2. The van der Waals surface area contributed by atoms with Crippen molar-refractivity contribution in [3.63, 3.8) is 0 Å². The fraction of sp³-hybridized carbons (Fsp3) is 0.300. The summed E-state index contributed by atoms with van der Waals surface area (Å²) in [5, 5.41) is 12.3. The van der Waals surface area contributed by atoms with E-state index < -0.39 is 5.91 Å². The van der Waals surface area contributed by atoms with Crippen LogP contribution in [0, 0.1) is 0 Å². The minimum absolute atomic E-state index is 0.00446. The molecule has 0 aliphatic carbocycles. The zero-order chi connectivity index (χ0) is 10.6. The summed E-state index contributed by atoms with van der Waals surface area (Å²) in [6.45, 7) is 1.83. The van der Waals surface area contributed by atoms with E-state index in [4.69, 9.17) is 5.73 Å². The summed E-state index contributed by atoms with van der Waals surface area (Å²) in [5.41, 5.74) is 7.45. The lowest BCUT2D eigenvalue weighted by atomic mass is 10.1. The molecule has 1 aromatic rings. The van der Waals surface area contributed by atoms with Crippen molar-refractivity contribution in [3.8, 4) is 5.75 Å². The molecule has 14 heavy (non-hydrogen) atoms. The molecule has 4 nitrogen and oxygen atoms in total. The summed E-state index contributed by atoms with van der Waals surface area (Å²) in [4.78, 5) is 10.4. The minimum Gasteiger partial charge on any atom is -0.508 e. The number of para-hydroxylation sites is 1. The number of nitrogens with one attached hydrogen (secondary N) is 2. The number of rotatable bonds is 4. The molecule has 0 aliphatic rings. The van der Waals surface area contributed by atoms with Crippen LogP contribution in [0.1, 0.15) is 18.5 Å². The molecule has 1 unspecified atom stereocenters. The van der Waals surface area contributed by atoms with Crippen LogP contribution in [0.2, 0.25) is 0 Å². The molecule has 0 spiro atoms. The lowest BCUT2D eigenvalue weighted by Crippen LogP contribution is -2.26. The average molecular weight is 193 g/mol. The third kappa shape index (κ3) is 2.74. The molecule has 1 radical (unpaired) electrons. The van der Waals surface area contributed by atoms with Gasteiger partial charge in [-0.3, -0.25) is 10.5 Å². The van der Waals surface area contributed by atoms with Gasteiger partial charge in [0.1, 0.15) is 5.75 Å². The zero-order valence-electron chi connectivity index (χ0n) is 7.95. The first-order chi connectivity index (χ1) is 6.61. The van der Waals surface area contributed by atoms with Gasteiger partial charge in [-0.15, -0.1) is 0 Å². The van der Waals surface area contributed by atoms with Crippen molar-refractivity contribution < 1.29 is 9.90 Å². The smallest absolute Gasteiger partial charge is 0.252 e. The van der Waals surface area contributed by atoms with Gasteiger partial charge in [0, 0.05) is 11.6 Å². The second kappa shape index (κ2) is 4.62. The van der Waals surface area contributed by atoms with E-state index in [2.05, 4.69) is 5.32 Å². The number of amides is 1. The molecule has 0 aliphatic heterocycles. The standard InChI is InChI=1S/C10H13N2O2/c1-7(12-6-10(11)14)8-4-2-3-5-9(8)13/h2-5,7,11-13H,6H2,1H3. The van der Waals surface area contributed by atoms with Crippen molar-refractivity contribution in [1.29, 1.82) is 0 Å². The SMILES string of the molecule is CC(NCC([NH])=O)c1ccccc1O. The van der Waals surface area contributed by atoms with E-state index in [9.17, 15) is 9.90 Å². The van der Waals surface area contributed by atoms with E-state index in [1.165, 1.54) is 0 Å². The number of benzene rings is 1. The number of aromatic hydroxyl groups is 1. The molecule has 4 heteroatoms. The van der Waals surface area contributed by atoms with Gasteiger partial charge in [0.2, 0.25) is 0 Å². The summed E-state index contributed by atoms with van der Waals surface area (Å²) in [6, 6.07) is 6.79. The second-order valence-electron chi connectivity index (χ2n) is 3.08. The van der Waals surface area contributed by atoms with Crippen LogP contribution in [0.15, 0.2) is 24.3 Å². The molecule has 1 amide bonds. The summed E-state index contributed by atoms with van der Waals surface area (Å²) in [6.07, 6.45) is 0. The van der Waals surface area contributed by atoms with Crippen LogP contribution in [0.3, 0.4) is 0 Å². The highest BCUT2D eigenvalue weighted by atomic mass is 16.3. The van der Waals surface area contributed by atoms with Gasteiger partial charge in [-0.25, -0.2) is 0 Å². The van der Waals surface area contributed by atoms with Gasteiger partial charge < -0.3 is 10.4 Å². The highest BCUT2D eigenvalue weighted by molar-refractivity contribution is 5.75. The molecule has 1 atom stereocenters. The maximum Gasteiger partial charge on any atom is 0.252 e. The Hall–Kier alpha value is -1.55. The predicted molar refractivity (Wildman–Crippen MR) is 52.6 cm³/mol. The third-order valence-corrected chi connectivity index (χ3v) is 1.97. The van der Waals surface area contributed by atoms with E-state index in [-0.39, 0.29) is 18.3 Å². The van der Waals surface area contributed by atoms with Crippen molar-refractivity contribution in [2.75, 3.05) is 6.54 Å². The number of carbonyl (C=O) groups is 1. The highest BCUT2D eigenvalue weighted by Gasteiger charge is 2.09. The number of hydrogen-bond acceptors (Lipinski definition) is 3. The Bertz CT molecular complexity index is 326. The van der Waals surface area contributed by atoms with Crippen molar-refractivity contribution in [1.82, 2.24) is 11.1 Å². The van der Waals surface area contributed by atoms with E-state index >= 15 is 0 Å². The molecule has 1 aromatic carbocycles. The number of hydrogen-bond donors (Lipinski definition) is 2. The van der Waals surface area contributed by atoms with Crippen LogP contribution in [-0.4, -0.2) is 17.6 Å². The average Bonchev–Trinajstić information content (AvgIpc) is 2.15. The van der Waals surface area contributed by atoms with Crippen LogP contribution in [0.4, 0.5) is 0 Å². The molecule has 0 saturated heterocycles. The van der Waals surface area contributed by atoms with Gasteiger partial charge in [-0.2, -0.15) is 0 Å². The number of phenolic OH excluding ortho intramolecular Hbond substituents is 1. The Morgan fingerprint density at radius 2 is 2.21 bits per heavy atom. The second-order valence-corrected chi connectivity index (χ2v) is 3.08. The highest BCUT2D eigenvalue weighted by Crippen LogP contribution is 2.22. The van der Waals surface area contributed by atoms with E-state index in [1.807, 2.05) is 13.0 Å². The van der Waals surface area contributed by atoms with Crippen molar-refractivity contribution >= 4 is 5.91 Å². The predicted octanol–water partition coefficient (Wildman–Crippen LogP) is 0.852. The van der Waals surface area contributed by atoms with Gasteiger partial charge >= 0.3 is 0 Å². The summed E-state index contributed by atoms with van der Waals surface area (Å²) in [7, 11) is 0. The largest absolute Gasteiger partial charge is 0.508 e. The molecule has 1 rings (SSSR count). The topological polar surface area (TPSA) is 73.1 Å². The minimum atomic E-state index is -0.660. The first kappa shape index (κ1) is 10.5. The fourth-order valence-electron chi connectivity index (χ4n) is 1.21. The van der Waals surface area contributed by atoms with Crippen molar-refractivity contribution in [3.05, 3.63) is 29.8 Å². The van der Waals surface area contributed by atoms with Gasteiger partial charge in [0.15, 0.2) is 0 Å². The van der Waals surface area contributed by atoms with E-state index in [0.717, 1.165) is 5.56 Å². The molecule has 75 valence electrons. The Balaban J connectivity index is 2.65. The van der Waals surface area contributed by atoms with Gasteiger partial charge in [0.25, 0.3) is 5.91 Å². The van der Waals surface area contributed by atoms with E-state index in [0.29, 0.717) is 0 Å². The number of carbonyl (C=O) groups excluding carboxylic acids is 1. The quantitative estimate of drug-likeness (QED) is 0.744. The van der Waals surface area contributed by atoms with Crippen LogP contribution in [0.5, 0.6) is 5.75 Å². The van der Waals surface area contributed by atoms with Gasteiger partial charge in [-0.1, -0.05) is 18.2 Å². The lowest BCUT2D eigenvalue weighted by Gasteiger charge is -2.13. The van der Waals surface area contributed by atoms with Crippen LogP contribution < -0.4 is 11.1 Å². The fourth-order valence-corrected chi connectivity index (χ4v) is 1.21. The summed E-state index contributed by atoms with van der Waals surface area (Å²) in [5.74, 6) is -0.461. The lowest BCUT2D eigenvalue weighted by molar-refractivity contribution is -0.117. The molecule has 0 fully saturated rings. The van der Waals surface area contributed by atoms with Crippen molar-refractivity contribution in [2.45, 2.75) is 13.0 Å². The Labute approximate surface area is 82.7 Å². The molecule has 0 aromatic heterocycles.